The van der Waals surface area contributed by atoms with E-state index in [0.717, 1.165) is 0 Å². The first-order chi connectivity index (χ1) is 19.8. The van der Waals surface area contributed by atoms with Crippen molar-refractivity contribution in [2.45, 2.75) is 6.92 Å². The van der Waals surface area contributed by atoms with Crippen LogP contribution >= 0.6 is 11.3 Å². The van der Waals surface area contributed by atoms with Crippen molar-refractivity contribution in [1.82, 2.24) is 9.13 Å². The third-order valence-electron chi connectivity index (χ3n) is 8.35. The molecule has 0 amide bonds. The number of aryl methyl sites for hydroxylation is 1. The minimum Gasteiger partial charge on any atom is -0.309 e. The van der Waals surface area contributed by atoms with Crippen molar-refractivity contribution in [3.05, 3.63) is 133 Å². The van der Waals surface area contributed by atoms with Gasteiger partial charge in [0.05, 0.1) is 26.8 Å². The first-order valence-electron chi connectivity index (χ1n) is 13.7. The third kappa shape index (κ3) is 2.82. The molecule has 0 fully saturated rings. The van der Waals surface area contributed by atoms with E-state index >= 15 is 0 Å². The number of hydrogen-bond donors (Lipinski definition) is 0. The van der Waals surface area contributed by atoms with Crippen LogP contribution in [0.1, 0.15) is 5.56 Å². The molecule has 0 atom stereocenters. The van der Waals surface area contributed by atoms with Crippen LogP contribution in [0.3, 0.4) is 0 Å². The smallest absolute Gasteiger partial charge is 0.0741 e. The lowest BCUT2D eigenvalue weighted by molar-refractivity contribution is 1.18. The highest BCUT2D eigenvalue weighted by Gasteiger charge is 2.26. The van der Waals surface area contributed by atoms with Crippen molar-refractivity contribution in [2.75, 3.05) is 0 Å². The number of para-hydroxylation sites is 3. The van der Waals surface area contributed by atoms with Crippen molar-refractivity contribution < 1.29 is 0 Å². The highest BCUT2D eigenvalue weighted by atomic mass is 32.1. The summed E-state index contributed by atoms with van der Waals surface area (Å²) in [5, 5.41) is 7.90. The number of hydrogen-bond acceptors (Lipinski definition) is 1. The zero-order valence-corrected chi connectivity index (χ0v) is 22.7. The summed E-state index contributed by atoms with van der Waals surface area (Å²) in [5.74, 6) is 0. The fourth-order valence-electron chi connectivity index (χ4n) is 6.69. The van der Waals surface area contributed by atoms with E-state index in [4.69, 9.17) is 0 Å². The molecule has 0 aliphatic rings. The maximum absolute atomic E-state index is 2.49. The lowest BCUT2D eigenvalue weighted by Crippen LogP contribution is -1.95. The Bertz CT molecular complexity index is 2420. The van der Waals surface area contributed by atoms with E-state index in [2.05, 4.69) is 143 Å². The molecule has 0 unspecified atom stereocenters. The third-order valence-corrected chi connectivity index (χ3v) is 9.53. The number of thiophene rings is 1. The predicted molar refractivity (Wildman–Crippen MR) is 173 cm³/mol. The van der Waals surface area contributed by atoms with Gasteiger partial charge in [-0.1, -0.05) is 90.5 Å². The number of nitrogens with zero attached hydrogens (tertiary/aromatic N) is 2. The first-order valence-corrected chi connectivity index (χ1v) is 14.5. The van der Waals surface area contributed by atoms with E-state index in [1.54, 1.807) is 0 Å². The summed E-state index contributed by atoms with van der Waals surface area (Å²) >= 11 is 1.92. The van der Waals surface area contributed by atoms with E-state index in [9.17, 15) is 0 Å². The van der Waals surface area contributed by atoms with Crippen LogP contribution in [-0.2, 0) is 0 Å². The molecule has 0 saturated heterocycles. The monoisotopic (exact) mass is 528 g/mol. The van der Waals surface area contributed by atoms with Crippen LogP contribution in [0.5, 0.6) is 0 Å². The molecule has 3 aromatic heterocycles. The summed E-state index contributed by atoms with van der Waals surface area (Å²) < 4.78 is 7.65. The number of fused-ring (bicyclic) bond motifs is 12. The van der Waals surface area contributed by atoms with Gasteiger partial charge in [-0.3, -0.25) is 0 Å². The fourth-order valence-corrected chi connectivity index (χ4v) is 7.94. The molecule has 0 radical (unpaired) electrons. The van der Waals surface area contributed by atoms with Gasteiger partial charge in [-0.2, -0.15) is 0 Å². The van der Waals surface area contributed by atoms with Crippen LogP contribution in [-0.4, -0.2) is 9.13 Å². The summed E-state index contributed by atoms with van der Waals surface area (Å²) in [7, 11) is 0. The second-order valence-electron chi connectivity index (χ2n) is 10.6. The second-order valence-corrected chi connectivity index (χ2v) is 11.7. The normalized spacial score (nSPS) is 12.1. The van der Waals surface area contributed by atoms with Crippen LogP contribution in [0.15, 0.2) is 127 Å². The minimum absolute atomic E-state index is 1.18. The minimum atomic E-state index is 1.18. The average molecular weight is 529 g/mol. The topological polar surface area (TPSA) is 9.86 Å². The number of benzene rings is 6. The summed E-state index contributed by atoms with van der Waals surface area (Å²) in [5.41, 5.74) is 8.67. The van der Waals surface area contributed by atoms with Gasteiger partial charge in [0.2, 0.25) is 0 Å². The SMILES string of the molecule is Cc1ccc(-n2c3ccccc3c3c2c2sc4ccccc4c2c2c4ccccc4n(-c4ccccc4)c23)cc1. The van der Waals surface area contributed by atoms with Gasteiger partial charge in [-0.25, -0.2) is 0 Å². The molecule has 0 spiro atoms. The Balaban J connectivity index is 1.68. The second kappa shape index (κ2) is 8.08. The van der Waals surface area contributed by atoms with E-state index < -0.39 is 0 Å². The molecule has 3 heteroatoms. The standard InChI is InChI=1S/C37H24N2S/c1-23-19-21-25(22-20-23)39-30-17-9-6-14-27(30)34-35-32(33-28-15-7-10-18-31(28)40-37(33)36(34)39)26-13-5-8-16-29(26)38(35)24-11-3-2-4-12-24/h2-22H,1H3. The Hall–Kier alpha value is -4.86. The summed E-state index contributed by atoms with van der Waals surface area (Å²) in [6.07, 6.45) is 0. The highest BCUT2D eigenvalue weighted by Crippen LogP contribution is 2.50. The van der Waals surface area contributed by atoms with E-state index in [0.29, 0.717) is 0 Å². The van der Waals surface area contributed by atoms with Gasteiger partial charge in [0.25, 0.3) is 0 Å². The average Bonchev–Trinajstić information content (AvgIpc) is 3.66. The van der Waals surface area contributed by atoms with Crippen molar-refractivity contribution in [2.24, 2.45) is 0 Å². The molecule has 6 aromatic carbocycles. The molecule has 188 valence electrons. The van der Waals surface area contributed by atoms with Gasteiger partial charge >= 0.3 is 0 Å². The molecule has 0 N–H and O–H groups in total. The van der Waals surface area contributed by atoms with Crippen LogP contribution in [0.4, 0.5) is 0 Å². The summed E-state index contributed by atoms with van der Waals surface area (Å²) in [6, 6.07) is 46.5. The Morgan fingerprint density at radius 3 is 1.73 bits per heavy atom. The largest absolute Gasteiger partial charge is 0.309 e. The van der Waals surface area contributed by atoms with Gasteiger partial charge in [-0.15, -0.1) is 11.3 Å². The van der Waals surface area contributed by atoms with Crippen LogP contribution in [0.25, 0.3) is 75.2 Å². The van der Waals surface area contributed by atoms with Gasteiger partial charge in [0.15, 0.2) is 0 Å². The van der Waals surface area contributed by atoms with Gasteiger partial charge in [0.1, 0.15) is 0 Å². The zero-order valence-electron chi connectivity index (χ0n) is 21.9. The predicted octanol–water partition coefficient (Wildman–Crippen LogP) is 10.6. The molecule has 0 aliphatic carbocycles. The first kappa shape index (κ1) is 22.0. The van der Waals surface area contributed by atoms with E-state index in [1.807, 2.05) is 11.3 Å². The maximum atomic E-state index is 2.49. The lowest BCUT2D eigenvalue weighted by atomic mass is 10.0. The molecular weight excluding hydrogens is 504 g/mol. The van der Waals surface area contributed by atoms with Crippen molar-refractivity contribution >= 4 is 75.1 Å². The molecule has 0 aliphatic heterocycles. The zero-order chi connectivity index (χ0) is 26.4. The Morgan fingerprint density at radius 2 is 1.00 bits per heavy atom. The highest BCUT2D eigenvalue weighted by molar-refractivity contribution is 7.27. The maximum Gasteiger partial charge on any atom is 0.0741 e. The molecular formula is C37H24N2S. The van der Waals surface area contributed by atoms with Crippen molar-refractivity contribution in [1.29, 1.82) is 0 Å². The Labute approximate surface area is 234 Å². The molecule has 9 aromatic rings. The van der Waals surface area contributed by atoms with Crippen LogP contribution in [0, 0.1) is 6.92 Å². The molecule has 3 heterocycles. The number of rotatable bonds is 2. The Morgan fingerprint density at radius 1 is 0.450 bits per heavy atom. The number of aromatic nitrogens is 2. The fraction of sp³-hybridized carbons (Fsp3) is 0.0270. The molecule has 0 bridgehead atoms. The Kier molecular flexibility index (Phi) is 4.44. The summed E-state index contributed by atoms with van der Waals surface area (Å²) in [6.45, 7) is 2.15. The molecule has 9 rings (SSSR count). The van der Waals surface area contributed by atoms with Crippen molar-refractivity contribution in [3.63, 3.8) is 0 Å². The van der Waals surface area contributed by atoms with Crippen LogP contribution in [0.2, 0.25) is 0 Å². The molecule has 40 heavy (non-hydrogen) atoms. The molecule has 2 nitrogen and oxygen atoms in total. The van der Waals surface area contributed by atoms with Gasteiger partial charge < -0.3 is 9.13 Å². The van der Waals surface area contributed by atoms with Gasteiger partial charge in [0, 0.05) is 48.4 Å². The van der Waals surface area contributed by atoms with Crippen molar-refractivity contribution in [3.8, 4) is 11.4 Å². The van der Waals surface area contributed by atoms with E-state index in [-0.39, 0.29) is 0 Å². The van der Waals surface area contributed by atoms with Crippen LogP contribution < -0.4 is 0 Å². The lowest BCUT2D eigenvalue weighted by Gasteiger charge is -2.11. The summed E-state index contributed by atoms with van der Waals surface area (Å²) in [4.78, 5) is 0. The van der Waals surface area contributed by atoms with Gasteiger partial charge in [-0.05, 0) is 49.4 Å². The van der Waals surface area contributed by atoms with E-state index in [1.165, 1.54) is 80.7 Å². The molecule has 0 saturated carbocycles. The quantitative estimate of drug-likeness (QED) is 0.211.